The number of hydrogen-bond acceptors (Lipinski definition) is 3. The van der Waals surface area contributed by atoms with Gasteiger partial charge in [0.25, 0.3) is 0 Å². The second kappa shape index (κ2) is 7.67. The molecule has 2 aromatic carbocycles. The van der Waals surface area contributed by atoms with Crippen molar-refractivity contribution in [3.8, 4) is 5.75 Å². The van der Waals surface area contributed by atoms with Crippen LogP contribution < -0.4 is 10.1 Å². The molecule has 4 nitrogen and oxygen atoms in total. The van der Waals surface area contributed by atoms with E-state index in [1.807, 2.05) is 0 Å². The summed E-state index contributed by atoms with van der Waals surface area (Å²) in [5.41, 5.74) is 3.09. The van der Waals surface area contributed by atoms with Crippen molar-refractivity contribution in [2.24, 2.45) is 4.99 Å². The fourth-order valence-electron chi connectivity index (χ4n) is 3.88. The van der Waals surface area contributed by atoms with Gasteiger partial charge in [-0.1, -0.05) is 45.0 Å². The highest BCUT2D eigenvalue weighted by Gasteiger charge is 2.26. The molecule has 0 saturated carbocycles. The topological polar surface area (TPSA) is 41.4 Å². The summed E-state index contributed by atoms with van der Waals surface area (Å²) >= 11 is 0. The van der Waals surface area contributed by atoms with E-state index in [2.05, 4.69) is 79.5 Å². The average molecular weight is 362 g/mol. The molecule has 4 rings (SSSR count). The van der Waals surface area contributed by atoms with Crippen LogP contribution in [0.2, 0.25) is 0 Å². The van der Waals surface area contributed by atoms with Gasteiger partial charge < -0.3 is 10.1 Å². The predicted octanol–water partition coefficient (Wildman–Crippen LogP) is 4.07. The maximum absolute atomic E-state index is 6.37. The number of fused-ring (bicyclic) bond motifs is 4. The third-order valence-corrected chi connectivity index (χ3v) is 5.38. The number of hydrogen-bond donors (Lipinski definition) is 1. The molecule has 1 heterocycles. The molecular weight excluding hydrogens is 334 g/mol. The summed E-state index contributed by atoms with van der Waals surface area (Å²) in [7, 11) is 0. The summed E-state index contributed by atoms with van der Waals surface area (Å²) in [6, 6.07) is 10.9. The quantitative estimate of drug-likeness (QED) is 0.787. The molecule has 0 spiro atoms. The highest BCUT2D eigenvalue weighted by atomic mass is 16.5. The van der Waals surface area contributed by atoms with Crippen molar-refractivity contribution < 1.29 is 10.1 Å². The maximum atomic E-state index is 6.37. The number of nitrogens with zero attached hydrogens (tertiary/aromatic N) is 2. The Balaban J connectivity index is 1.78. The Morgan fingerprint density at radius 1 is 1.11 bits per heavy atom. The zero-order valence-electron chi connectivity index (χ0n) is 16.4. The Labute approximate surface area is 161 Å². The first-order chi connectivity index (χ1) is 13.2. The first-order valence-corrected chi connectivity index (χ1v) is 10.0. The highest BCUT2D eigenvalue weighted by molar-refractivity contribution is 6.14. The molecule has 0 saturated heterocycles. The molecule has 1 aliphatic heterocycles. The zero-order chi connectivity index (χ0) is 18.8. The van der Waals surface area contributed by atoms with Gasteiger partial charge in [0.15, 0.2) is 11.5 Å². The number of likely N-dealkylation sites (N-methyl/N-ethyl adjacent to an activating group) is 1. The molecule has 0 amide bonds. The molecule has 0 radical (unpaired) electrons. The molecule has 140 valence electrons. The van der Waals surface area contributed by atoms with Crippen LogP contribution in [0.4, 0.5) is 11.4 Å². The molecule has 1 aliphatic carbocycles. The molecule has 1 atom stereocenters. The number of ether oxygens (including phenoxy) is 1. The van der Waals surface area contributed by atoms with Crippen molar-refractivity contribution in [1.29, 1.82) is 0 Å². The second-order valence-electron chi connectivity index (χ2n) is 7.05. The van der Waals surface area contributed by atoms with E-state index >= 15 is 0 Å². The number of allylic oxidation sites excluding steroid dienone is 1. The van der Waals surface area contributed by atoms with Crippen LogP contribution in [0, 0.1) is 0 Å². The van der Waals surface area contributed by atoms with Gasteiger partial charge in [-0.25, -0.2) is 4.99 Å². The molecule has 2 aliphatic rings. The first kappa shape index (κ1) is 18.0. The van der Waals surface area contributed by atoms with Crippen molar-refractivity contribution in [3.05, 3.63) is 54.3 Å². The number of benzene rings is 2. The molecule has 4 heteroatoms. The number of aliphatic imine (C=N–C) groups is 1. The van der Waals surface area contributed by atoms with Crippen molar-refractivity contribution in [3.63, 3.8) is 0 Å². The SMILES string of the molecule is CCC[NH2+]c1cc2c(c3ccccc13)N=C1C=CC(N(CC)CC)C=C1O2. The van der Waals surface area contributed by atoms with Crippen LogP contribution in [0.1, 0.15) is 27.2 Å². The van der Waals surface area contributed by atoms with Crippen LogP contribution in [0.5, 0.6) is 5.75 Å². The van der Waals surface area contributed by atoms with Gasteiger partial charge in [0.2, 0.25) is 0 Å². The zero-order valence-corrected chi connectivity index (χ0v) is 16.4. The summed E-state index contributed by atoms with van der Waals surface area (Å²) < 4.78 is 6.37. The van der Waals surface area contributed by atoms with Crippen LogP contribution in [-0.2, 0) is 0 Å². The van der Waals surface area contributed by atoms with E-state index in [0.29, 0.717) is 0 Å². The fourth-order valence-corrected chi connectivity index (χ4v) is 3.88. The van der Waals surface area contributed by atoms with E-state index in [-0.39, 0.29) is 6.04 Å². The lowest BCUT2D eigenvalue weighted by Crippen LogP contribution is -2.77. The average Bonchev–Trinajstić information content (AvgIpc) is 2.71. The molecule has 27 heavy (non-hydrogen) atoms. The second-order valence-corrected chi connectivity index (χ2v) is 7.05. The first-order valence-electron chi connectivity index (χ1n) is 10.0. The normalized spacial score (nSPS) is 18.0. The Hall–Kier alpha value is -2.43. The number of rotatable bonds is 6. The van der Waals surface area contributed by atoms with Crippen LogP contribution >= 0.6 is 0 Å². The number of nitrogens with two attached hydrogens (primary N) is 1. The van der Waals surface area contributed by atoms with Crippen LogP contribution in [0.15, 0.2) is 59.3 Å². The van der Waals surface area contributed by atoms with Crippen molar-refractivity contribution in [2.45, 2.75) is 33.2 Å². The van der Waals surface area contributed by atoms with Crippen LogP contribution in [0.3, 0.4) is 0 Å². The lowest BCUT2D eigenvalue weighted by atomic mass is 10.0. The van der Waals surface area contributed by atoms with Crippen LogP contribution in [0.25, 0.3) is 10.8 Å². The number of quaternary nitrogens is 1. The third-order valence-electron chi connectivity index (χ3n) is 5.38. The van der Waals surface area contributed by atoms with Gasteiger partial charge in [-0.2, -0.15) is 0 Å². The molecule has 2 aromatic rings. The lowest BCUT2D eigenvalue weighted by molar-refractivity contribution is -0.569. The van der Waals surface area contributed by atoms with Gasteiger partial charge in [-0.3, -0.25) is 4.90 Å². The summed E-state index contributed by atoms with van der Waals surface area (Å²) in [6.45, 7) is 9.68. The van der Waals surface area contributed by atoms with Crippen LogP contribution in [-0.4, -0.2) is 36.3 Å². The molecular formula is C23H28N3O+. The molecule has 2 N–H and O–H groups in total. The predicted molar refractivity (Wildman–Crippen MR) is 112 cm³/mol. The van der Waals surface area contributed by atoms with Crippen molar-refractivity contribution in [2.75, 3.05) is 19.6 Å². The minimum absolute atomic E-state index is 0.266. The standard InChI is InChI=1S/C23H27N3O/c1-4-13-24-20-15-22-23(18-10-8-7-9-17(18)20)25-19-12-11-16(14-21(19)27-22)26(5-2)6-3/h7-12,14-16,24H,4-6,13H2,1-3H3/p+1. The van der Waals surface area contributed by atoms with Gasteiger partial charge >= 0.3 is 0 Å². The van der Waals surface area contributed by atoms with Crippen molar-refractivity contribution >= 4 is 27.9 Å². The maximum Gasteiger partial charge on any atom is 0.159 e. The van der Waals surface area contributed by atoms with E-state index < -0.39 is 0 Å². The van der Waals surface area contributed by atoms with Gasteiger partial charge in [0.1, 0.15) is 17.1 Å². The smallest absolute Gasteiger partial charge is 0.159 e. The Kier molecular flexibility index (Phi) is 5.10. The fraction of sp³-hybridized carbons (Fsp3) is 0.348. The van der Waals surface area contributed by atoms with E-state index in [1.165, 1.54) is 11.1 Å². The summed E-state index contributed by atoms with van der Waals surface area (Å²) in [5, 5.41) is 4.70. The Morgan fingerprint density at radius 2 is 1.89 bits per heavy atom. The lowest BCUT2D eigenvalue weighted by Gasteiger charge is -2.29. The van der Waals surface area contributed by atoms with E-state index in [4.69, 9.17) is 9.73 Å². The highest BCUT2D eigenvalue weighted by Crippen LogP contribution is 2.43. The molecule has 0 fully saturated rings. The minimum atomic E-state index is 0.266. The third kappa shape index (κ3) is 3.31. The minimum Gasteiger partial charge on any atom is -0.453 e. The summed E-state index contributed by atoms with van der Waals surface area (Å²) in [5.74, 6) is 1.73. The Bertz CT molecular complexity index is 938. The summed E-state index contributed by atoms with van der Waals surface area (Å²) in [4.78, 5) is 7.37. The summed E-state index contributed by atoms with van der Waals surface area (Å²) in [6.07, 6.45) is 7.65. The van der Waals surface area contributed by atoms with E-state index in [9.17, 15) is 0 Å². The Morgan fingerprint density at radius 3 is 2.63 bits per heavy atom. The molecule has 0 bridgehead atoms. The van der Waals surface area contributed by atoms with Gasteiger partial charge in [0, 0.05) is 16.8 Å². The molecule has 1 unspecified atom stereocenters. The van der Waals surface area contributed by atoms with E-state index in [0.717, 1.165) is 54.3 Å². The largest absolute Gasteiger partial charge is 0.453 e. The van der Waals surface area contributed by atoms with Gasteiger partial charge in [-0.05, 0) is 37.7 Å². The van der Waals surface area contributed by atoms with Crippen molar-refractivity contribution in [1.82, 2.24) is 4.90 Å². The molecule has 0 aromatic heterocycles. The van der Waals surface area contributed by atoms with Gasteiger partial charge in [-0.15, -0.1) is 0 Å². The van der Waals surface area contributed by atoms with Gasteiger partial charge in [0.05, 0.1) is 12.6 Å². The monoisotopic (exact) mass is 362 g/mol. The van der Waals surface area contributed by atoms with E-state index in [1.54, 1.807) is 0 Å².